The molecule has 160 valence electrons. The van der Waals surface area contributed by atoms with Crippen LogP contribution in [0.4, 0.5) is 0 Å². The van der Waals surface area contributed by atoms with Gasteiger partial charge in [-0.25, -0.2) is 0 Å². The van der Waals surface area contributed by atoms with Gasteiger partial charge < -0.3 is 0 Å². The van der Waals surface area contributed by atoms with Gasteiger partial charge in [0, 0.05) is 5.41 Å². The molecule has 0 nitrogen and oxygen atoms in total. The number of hydrogen-bond donors (Lipinski definition) is 0. The molecule has 0 fully saturated rings. The Morgan fingerprint density at radius 3 is 1.24 bits per heavy atom. The Morgan fingerprint density at radius 1 is 0.455 bits per heavy atom. The second kappa shape index (κ2) is 7.74. The van der Waals surface area contributed by atoms with Crippen LogP contribution >= 0.6 is 0 Å². The maximum Gasteiger partial charge on any atom is 0.0164 e. The lowest BCUT2D eigenvalue weighted by Crippen LogP contribution is -2.17. The van der Waals surface area contributed by atoms with Crippen LogP contribution in [0.2, 0.25) is 0 Å². The highest BCUT2D eigenvalue weighted by molar-refractivity contribution is 6.09. The third-order valence-electron chi connectivity index (χ3n) is 7.41. The van der Waals surface area contributed by atoms with E-state index in [1.54, 1.807) is 0 Å². The van der Waals surface area contributed by atoms with Gasteiger partial charge >= 0.3 is 0 Å². The molecular weight excluding hydrogens is 396 g/mol. The van der Waals surface area contributed by atoms with Gasteiger partial charge in [-0.15, -0.1) is 0 Å². The number of hydrogen-bond acceptors (Lipinski definition) is 0. The molecule has 0 unspecified atom stereocenters. The highest BCUT2D eigenvalue weighted by atomic mass is 14.4. The highest BCUT2D eigenvalue weighted by Crippen LogP contribution is 2.57. The molecule has 0 heterocycles. The second-order valence-electron chi connectivity index (χ2n) is 9.73. The summed E-state index contributed by atoms with van der Waals surface area (Å²) < 4.78 is 0. The smallest absolute Gasteiger partial charge is 0.0164 e. The summed E-state index contributed by atoms with van der Waals surface area (Å²) in [6.45, 7) is 4.88. The van der Waals surface area contributed by atoms with Gasteiger partial charge in [-0.1, -0.05) is 123 Å². The Hall–Kier alpha value is -3.64. The summed E-state index contributed by atoms with van der Waals surface area (Å²) in [6.07, 6.45) is 1.99. The molecule has 0 heteroatoms. The van der Waals surface area contributed by atoms with Crippen molar-refractivity contribution in [2.45, 2.75) is 26.7 Å². The third kappa shape index (κ3) is 3.21. The quantitative estimate of drug-likeness (QED) is 0.309. The Morgan fingerprint density at radius 2 is 0.818 bits per heavy atom. The van der Waals surface area contributed by atoms with E-state index in [0.717, 1.165) is 12.8 Å². The van der Waals surface area contributed by atoms with Crippen molar-refractivity contribution >= 4 is 22.3 Å². The van der Waals surface area contributed by atoms with Crippen LogP contribution in [0, 0.1) is 5.41 Å². The second-order valence-corrected chi connectivity index (χ2v) is 9.73. The molecule has 0 radical (unpaired) electrons. The van der Waals surface area contributed by atoms with Crippen LogP contribution in [0.15, 0.2) is 109 Å². The number of benzene rings is 4. The van der Waals surface area contributed by atoms with E-state index in [-0.39, 0.29) is 5.41 Å². The van der Waals surface area contributed by atoms with Gasteiger partial charge in [0.05, 0.1) is 0 Å². The van der Waals surface area contributed by atoms with Crippen molar-refractivity contribution in [2.75, 3.05) is 0 Å². The molecule has 0 aromatic heterocycles. The minimum absolute atomic E-state index is 0.143. The zero-order chi connectivity index (χ0) is 22.4. The number of rotatable bonds is 4. The first-order valence-electron chi connectivity index (χ1n) is 11.9. The Kier molecular flexibility index (Phi) is 4.69. The first kappa shape index (κ1) is 20.0. The lowest BCUT2D eigenvalue weighted by atomic mass is 9.70. The van der Waals surface area contributed by atoms with E-state index in [1.165, 1.54) is 55.7 Å². The fraction of sp³-hybridized carbons (Fsp3) is 0.152. The lowest BCUT2D eigenvalue weighted by Gasteiger charge is -2.33. The van der Waals surface area contributed by atoms with Crippen LogP contribution in [-0.4, -0.2) is 0 Å². The number of allylic oxidation sites excluding steroid dienone is 4. The summed E-state index contributed by atoms with van der Waals surface area (Å²) in [5, 5.41) is 0. The van der Waals surface area contributed by atoms with Gasteiger partial charge in [-0.2, -0.15) is 0 Å². The topological polar surface area (TPSA) is 0 Å². The zero-order valence-corrected chi connectivity index (χ0v) is 19.3. The molecule has 4 aromatic carbocycles. The van der Waals surface area contributed by atoms with E-state index in [1.807, 2.05) is 0 Å². The van der Waals surface area contributed by atoms with Gasteiger partial charge in [-0.3, -0.25) is 0 Å². The van der Waals surface area contributed by atoms with Crippen LogP contribution in [0.3, 0.4) is 0 Å². The van der Waals surface area contributed by atoms with Gasteiger partial charge in [0.15, 0.2) is 0 Å². The summed E-state index contributed by atoms with van der Waals surface area (Å²) in [5.41, 5.74) is 14.1. The van der Waals surface area contributed by atoms with E-state index in [2.05, 4.69) is 123 Å². The Labute approximate surface area is 196 Å². The summed E-state index contributed by atoms with van der Waals surface area (Å²) >= 11 is 0. The average molecular weight is 425 g/mol. The molecule has 0 N–H and O–H groups in total. The third-order valence-corrected chi connectivity index (χ3v) is 7.41. The molecule has 0 spiro atoms. The lowest BCUT2D eigenvalue weighted by molar-refractivity contribution is 0.678. The van der Waals surface area contributed by atoms with Crippen molar-refractivity contribution < 1.29 is 0 Å². The monoisotopic (exact) mass is 424 g/mol. The van der Waals surface area contributed by atoms with Crippen LogP contribution in [0.25, 0.3) is 22.3 Å². The molecule has 0 amide bonds. The summed E-state index contributed by atoms with van der Waals surface area (Å²) in [4.78, 5) is 0. The van der Waals surface area contributed by atoms with E-state index >= 15 is 0 Å². The predicted octanol–water partition coefficient (Wildman–Crippen LogP) is 8.35. The molecular formula is C33H28. The fourth-order valence-corrected chi connectivity index (χ4v) is 6.04. The van der Waals surface area contributed by atoms with Crippen molar-refractivity contribution in [3.63, 3.8) is 0 Å². The van der Waals surface area contributed by atoms with Crippen molar-refractivity contribution in [3.8, 4) is 0 Å². The molecule has 4 aromatic rings. The van der Waals surface area contributed by atoms with E-state index < -0.39 is 0 Å². The van der Waals surface area contributed by atoms with Gasteiger partial charge in [-0.05, 0) is 68.5 Å². The van der Waals surface area contributed by atoms with Crippen LogP contribution in [0.1, 0.15) is 47.2 Å². The SMILES string of the molecule is CC(C)(C1=C(c2ccccc2)Cc2ccccc21)C1=C(c2ccccc2)Cc2ccccc21. The average Bonchev–Trinajstić information content (AvgIpc) is 3.45. The minimum atomic E-state index is -0.143. The maximum atomic E-state index is 2.44. The van der Waals surface area contributed by atoms with Crippen molar-refractivity contribution in [1.29, 1.82) is 0 Å². The van der Waals surface area contributed by atoms with Crippen molar-refractivity contribution in [3.05, 3.63) is 143 Å². The predicted molar refractivity (Wildman–Crippen MR) is 141 cm³/mol. The Bertz CT molecular complexity index is 1290. The summed E-state index contributed by atoms with van der Waals surface area (Å²) in [6, 6.07) is 39.9. The molecule has 0 saturated heterocycles. The van der Waals surface area contributed by atoms with E-state index in [0.29, 0.717) is 0 Å². The van der Waals surface area contributed by atoms with E-state index in [4.69, 9.17) is 0 Å². The molecule has 2 aliphatic carbocycles. The van der Waals surface area contributed by atoms with E-state index in [9.17, 15) is 0 Å². The van der Waals surface area contributed by atoms with Gasteiger partial charge in [0.1, 0.15) is 0 Å². The van der Waals surface area contributed by atoms with Gasteiger partial charge in [0.2, 0.25) is 0 Å². The normalized spacial score (nSPS) is 15.1. The van der Waals surface area contributed by atoms with Gasteiger partial charge in [0.25, 0.3) is 0 Å². The summed E-state index contributed by atoms with van der Waals surface area (Å²) in [7, 11) is 0. The molecule has 2 aliphatic rings. The fourth-order valence-electron chi connectivity index (χ4n) is 6.04. The minimum Gasteiger partial charge on any atom is -0.0622 e. The highest BCUT2D eigenvalue weighted by Gasteiger charge is 2.40. The molecule has 0 bridgehead atoms. The molecule has 6 rings (SSSR count). The van der Waals surface area contributed by atoms with Crippen molar-refractivity contribution in [1.82, 2.24) is 0 Å². The summed E-state index contributed by atoms with van der Waals surface area (Å²) in [5.74, 6) is 0. The van der Waals surface area contributed by atoms with Crippen LogP contribution in [-0.2, 0) is 12.8 Å². The van der Waals surface area contributed by atoms with Crippen molar-refractivity contribution in [2.24, 2.45) is 5.41 Å². The molecule has 0 saturated carbocycles. The van der Waals surface area contributed by atoms with Crippen LogP contribution < -0.4 is 0 Å². The molecule has 0 atom stereocenters. The maximum absolute atomic E-state index is 2.44. The standard InChI is InChI=1S/C33H28/c1-33(2,31-27-19-11-9-17-25(27)21-29(31)23-13-5-3-6-14-23)32-28-20-12-10-18-26(28)22-30(32)24-15-7-4-8-16-24/h3-20H,21-22H2,1-2H3. The first-order valence-corrected chi connectivity index (χ1v) is 11.9. The van der Waals surface area contributed by atoms with Crippen LogP contribution in [0.5, 0.6) is 0 Å². The first-order chi connectivity index (χ1) is 16.1. The Balaban J connectivity index is 1.64. The largest absolute Gasteiger partial charge is 0.0622 e. The molecule has 0 aliphatic heterocycles. The number of fused-ring (bicyclic) bond motifs is 2. The molecule has 33 heavy (non-hydrogen) atoms. The zero-order valence-electron chi connectivity index (χ0n) is 19.3.